The molecule has 1 aromatic carbocycles. The summed E-state index contributed by atoms with van der Waals surface area (Å²) in [5, 5.41) is 0.171. The number of benzene rings is 1. The Bertz CT molecular complexity index is 598. The summed E-state index contributed by atoms with van der Waals surface area (Å²) in [6.07, 6.45) is 3.82. The van der Waals surface area contributed by atoms with Crippen LogP contribution in [0.5, 0.6) is 5.75 Å². The zero-order valence-electron chi connectivity index (χ0n) is 14.7. The Morgan fingerprint density at radius 2 is 1.76 bits per heavy atom. The van der Waals surface area contributed by atoms with Crippen LogP contribution in [0.4, 0.5) is 5.69 Å². The fourth-order valence-electron chi connectivity index (χ4n) is 2.78. The van der Waals surface area contributed by atoms with E-state index in [1.807, 2.05) is 12.1 Å². The van der Waals surface area contributed by atoms with Crippen LogP contribution in [0.1, 0.15) is 19.8 Å². The van der Waals surface area contributed by atoms with Gasteiger partial charge in [0.15, 0.2) is 0 Å². The largest absolute Gasteiger partial charge is 0.494 e. The van der Waals surface area contributed by atoms with Crippen LogP contribution >= 0.6 is 11.6 Å². The van der Waals surface area contributed by atoms with Crippen molar-refractivity contribution in [3.8, 4) is 5.75 Å². The molecular weight excluding hydrogens is 338 g/mol. The Hall–Kier alpha value is -2.21. The van der Waals surface area contributed by atoms with Crippen molar-refractivity contribution < 1.29 is 4.74 Å². The molecule has 6 N–H and O–H groups in total. The number of allylic oxidation sites excluding steroid dienone is 1. The van der Waals surface area contributed by atoms with E-state index in [1.54, 1.807) is 6.08 Å². The molecule has 0 spiro atoms. The van der Waals surface area contributed by atoms with Crippen molar-refractivity contribution in [2.24, 2.45) is 17.2 Å². The second kappa shape index (κ2) is 9.32. The summed E-state index contributed by atoms with van der Waals surface area (Å²) >= 11 is 5.77. The van der Waals surface area contributed by atoms with Crippen molar-refractivity contribution in [1.82, 2.24) is 4.90 Å². The van der Waals surface area contributed by atoms with Gasteiger partial charge in [-0.1, -0.05) is 24.9 Å². The number of ether oxygens (including phenoxy) is 1. The number of unbranched alkanes of at least 4 members (excludes halogenated alkanes) is 1. The van der Waals surface area contributed by atoms with E-state index in [2.05, 4.69) is 28.9 Å². The van der Waals surface area contributed by atoms with Gasteiger partial charge in [0.25, 0.3) is 0 Å². The van der Waals surface area contributed by atoms with Gasteiger partial charge in [-0.25, -0.2) is 0 Å². The van der Waals surface area contributed by atoms with Gasteiger partial charge < -0.3 is 31.7 Å². The first-order valence-corrected chi connectivity index (χ1v) is 8.99. The van der Waals surface area contributed by atoms with Crippen LogP contribution in [0.2, 0.25) is 0 Å². The van der Waals surface area contributed by atoms with Crippen LogP contribution < -0.4 is 26.8 Å². The molecule has 0 amide bonds. The van der Waals surface area contributed by atoms with E-state index >= 15 is 0 Å². The van der Waals surface area contributed by atoms with E-state index < -0.39 is 0 Å². The second-order valence-corrected chi connectivity index (χ2v) is 6.48. The molecule has 1 aliphatic heterocycles. The molecule has 2 rings (SSSR count). The minimum Gasteiger partial charge on any atom is -0.494 e. The first kappa shape index (κ1) is 19.1. The van der Waals surface area contributed by atoms with Crippen LogP contribution in [-0.2, 0) is 0 Å². The highest BCUT2D eigenvalue weighted by Crippen LogP contribution is 2.22. The average molecular weight is 366 g/mol. The van der Waals surface area contributed by atoms with Crippen LogP contribution in [0.25, 0.3) is 0 Å². The summed E-state index contributed by atoms with van der Waals surface area (Å²) in [6.45, 7) is 6.24. The van der Waals surface area contributed by atoms with Crippen LogP contribution in [0.3, 0.4) is 0 Å². The zero-order chi connectivity index (χ0) is 18.2. The summed E-state index contributed by atoms with van der Waals surface area (Å²) in [7, 11) is 0. The van der Waals surface area contributed by atoms with Crippen molar-refractivity contribution in [2.75, 3.05) is 37.7 Å². The molecule has 0 bridgehead atoms. The summed E-state index contributed by atoms with van der Waals surface area (Å²) < 4.78 is 5.71. The highest BCUT2D eigenvalue weighted by atomic mass is 35.5. The molecule has 1 aromatic rings. The number of piperazine rings is 1. The van der Waals surface area contributed by atoms with Gasteiger partial charge in [0.1, 0.15) is 16.7 Å². The summed E-state index contributed by atoms with van der Waals surface area (Å²) in [5.74, 6) is 1.14. The number of anilines is 1. The Morgan fingerprint density at radius 3 is 2.28 bits per heavy atom. The lowest BCUT2D eigenvalue weighted by molar-refractivity contribution is 0.309. The maximum atomic E-state index is 5.77. The lowest BCUT2D eigenvalue weighted by Crippen LogP contribution is -2.46. The van der Waals surface area contributed by atoms with E-state index in [9.17, 15) is 0 Å². The van der Waals surface area contributed by atoms with Crippen molar-refractivity contribution in [2.45, 2.75) is 19.8 Å². The number of halogens is 1. The van der Waals surface area contributed by atoms with Crippen molar-refractivity contribution in [1.29, 1.82) is 0 Å². The zero-order valence-corrected chi connectivity index (χ0v) is 15.5. The van der Waals surface area contributed by atoms with Crippen molar-refractivity contribution in [3.63, 3.8) is 0 Å². The van der Waals surface area contributed by atoms with E-state index in [0.717, 1.165) is 51.4 Å². The van der Waals surface area contributed by atoms with Gasteiger partial charge in [0.2, 0.25) is 0 Å². The predicted molar refractivity (Wildman–Crippen MR) is 104 cm³/mol. The molecule has 1 heterocycles. The Morgan fingerprint density at radius 1 is 1.12 bits per heavy atom. The molecule has 0 aliphatic carbocycles. The molecule has 0 atom stereocenters. The van der Waals surface area contributed by atoms with Gasteiger partial charge in [-0.3, -0.25) is 0 Å². The minimum absolute atomic E-state index is 0.171. The molecule has 1 fully saturated rings. The third kappa shape index (κ3) is 5.67. The number of nitrogens with two attached hydrogens (primary N) is 3. The van der Waals surface area contributed by atoms with Gasteiger partial charge in [-0.15, -0.1) is 0 Å². The van der Waals surface area contributed by atoms with Gasteiger partial charge in [-0.05, 0) is 36.8 Å². The summed E-state index contributed by atoms with van der Waals surface area (Å²) in [6, 6.07) is 8.25. The first-order valence-electron chi connectivity index (χ1n) is 8.62. The fourth-order valence-corrected chi connectivity index (χ4v) is 2.88. The standard InChI is InChI=1S/C18H28ClN5O/c1-2-3-12-25-15-6-4-14(5-7-15)23-8-10-24(11-9-23)16(18(21)22)13-17(19)20/h4-7,13H,2-3,8-12,20-22H2,1H3/b17-13-. The number of rotatable bonds is 7. The summed E-state index contributed by atoms with van der Waals surface area (Å²) in [4.78, 5) is 4.42. The number of nitrogens with zero attached hydrogens (tertiary/aromatic N) is 2. The third-order valence-electron chi connectivity index (χ3n) is 4.16. The quantitative estimate of drug-likeness (QED) is 0.389. The average Bonchev–Trinajstić information content (AvgIpc) is 2.60. The smallest absolute Gasteiger partial charge is 0.119 e. The number of hydrogen-bond donors (Lipinski definition) is 3. The number of hydrogen-bond acceptors (Lipinski definition) is 6. The van der Waals surface area contributed by atoms with Crippen LogP contribution in [0.15, 0.2) is 47.0 Å². The maximum absolute atomic E-state index is 5.77. The van der Waals surface area contributed by atoms with Crippen molar-refractivity contribution in [3.05, 3.63) is 47.0 Å². The highest BCUT2D eigenvalue weighted by Gasteiger charge is 2.19. The Labute approximate surface area is 154 Å². The van der Waals surface area contributed by atoms with Gasteiger partial charge in [0.05, 0.1) is 12.3 Å². The first-order chi connectivity index (χ1) is 12.0. The molecular formula is C18H28ClN5O. The van der Waals surface area contributed by atoms with Gasteiger partial charge in [-0.2, -0.15) is 0 Å². The third-order valence-corrected chi connectivity index (χ3v) is 4.27. The van der Waals surface area contributed by atoms with E-state index in [0.29, 0.717) is 5.70 Å². The molecule has 25 heavy (non-hydrogen) atoms. The predicted octanol–water partition coefficient (Wildman–Crippen LogP) is 2.11. The van der Waals surface area contributed by atoms with Crippen LogP contribution in [0, 0.1) is 0 Å². The molecule has 0 saturated carbocycles. The summed E-state index contributed by atoms with van der Waals surface area (Å²) in [5.41, 5.74) is 18.9. The molecule has 1 aliphatic rings. The van der Waals surface area contributed by atoms with E-state index in [-0.39, 0.29) is 11.0 Å². The van der Waals surface area contributed by atoms with E-state index in [4.69, 9.17) is 33.5 Å². The maximum Gasteiger partial charge on any atom is 0.119 e. The lowest BCUT2D eigenvalue weighted by atomic mass is 10.2. The van der Waals surface area contributed by atoms with Crippen molar-refractivity contribution >= 4 is 17.3 Å². The molecule has 1 saturated heterocycles. The molecule has 6 nitrogen and oxygen atoms in total. The molecule has 0 aromatic heterocycles. The molecule has 0 unspecified atom stereocenters. The minimum atomic E-state index is 0.171. The van der Waals surface area contributed by atoms with Crippen LogP contribution in [-0.4, -0.2) is 37.7 Å². The highest BCUT2D eigenvalue weighted by molar-refractivity contribution is 6.29. The van der Waals surface area contributed by atoms with Gasteiger partial charge >= 0.3 is 0 Å². The molecule has 138 valence electrons. The fraction of sp³-hybridized carbons (Fsp3) is 0.444. The SMILES string of the molecule is CCCCOc1ccc(N2CCN(C(/C=C(\N)Cl)=C(N)N)CC2)cc1. The van der Waals surface area contributed by atoms with E-state index in [1.165, 1.54) is 5.69 Å². The Balaban J connectivity index is 1.93. The molecule has 0 radical (unpaired) electrons. The normalized spacial score (nSPS) is 15.2. The topological polar surface area (TPSA) is 93.8 Å². The Kier molecular flexibility index (Phi) is 7.13. The molecule has 7 heteroatoms. The lowest BCUT2D eigenvalue weighted by Gasteiger charge is -2.38. The van der Waals surface area contributed by atoms with Gasteiger partial charge in [0, 0.05) is 31.9 Å². The monoisotopic (exact) mass is 365 g/mol. The second-order valence-electron chi connectivity index (χ2n) is 6.04.